The summed E-state index contributed by atoms with van der Waals surface area (Å²) in [5.41, 5.74) is 0.409. The Bertz CT molecular complexity index is 1080. The topological polar surface area (TPSA) is 74.6 Å². The average molecular weight is 518 g/mol. The normalized spacial score (nSPS) is 30.2. The van der Waals surface area contributed by atoms with Crippen LogP contribution in [-0.2, 0) is 24.6 Å². The van der Waals surface area contributed by atoms with Crippen LogP contribution in [0.5, 0.6) is 0 Å². The van der Waals surface area contributed by atoms with Crippen LogP contribution in [0.1, 0.15) is 44.1 Å². The van der Waals surface area contributed by atoms with Crippen LogP contribution in [-0.4, -0.2) is 53.0 Å². The van der Waals surface area contributed by atoms with Crippen LogP contribution < -0.4 is 5.32 Å². The molecule has 2 aromatic rings. The SMILES string of the molecule is O=C(COC1CC(OC(F)(F)F)C1)NC12CCC(c3cnn(-c4ccc(Cl)c(F)c4)c3)(CC1)OC2. The van der Waals surface area contributed by atoms with Gasteiger partial charge in [0.25, 0.3) is 0 Å². The fourth-order valence-electron chi connectivity index (χ4n) is 5.02. The second kappa shape index (κ2) is 9.02. The number of amides is 1. The van der Waals surface area contributed by atoms with Crippen molar-refractivity contribution in [3.8, 4) is 5.69 Å². The van der Waals surface area contributed by atoms with Gasteiger partial charge < -0.3 is 14.8 Å². The molecule has 0 unspecified atom stereocenters. The van der Waals surface area contributed by atoms with Crippen molar-refractivity contribution in [2.24, 2.45) is 0 Å². The highest BCUT2D eigenvalue weighted by Gasteiger charge is 2.52. The van der Waals surface area contributed by atoms with Crippen LogP contribution in [0.3, 0.4) is 0 Å². The second-order valence-corrected chi connectivity index (χ2v) is 9.88. The largest absolute Gasteiger partial charge is 0.522 e. The Hall–Kier alpha value is -2.21. The van der Waals surface area contributed by atoms with E-state index < -0.39 is 35.5 Å². The van der Waals surface area contributed by atoms with Gasteiger partial charge in [-0.05, 0) is 37.8 Å². The van der Waals surface area contributed by atoms with Gasteiger partial charge in [0.15, 0.2) is 0 Å². The zero-order chi connectivity index (χ0) is 24.8. The van der Waals surface area contributed by atoms with Crippen molar-refractivity contribution in [2.45, 2.75) is 68.2 Å². The molecular formula is C23H24ClF4N3O4. The van der Waals surface area contributed by atoms with Crippen LogP contribution in [0.4, 0.5) is 17.6 Å². The molecule has 0 atom stereocenters. The van der Waals surface area contributed by atoms with E-state index in [9.17, 15) is 22.4 Å². The predicted octanol–water partition coefficient (Wildman–Crippen LogP) is 4.40. The number of halogens is 5. The number of nitrogens with one attached hydrogen (secondary N) is 1. The lowest BCUT2D eigenvalue weighted by Crippen LogP contribution is -2.62. The number of carbonyl (C=O) groups excluding carboxylic acids is 1. The first-order chi connectivity index (χ1) is 16.5. The van der Waals surface area contributed by atoms with Crippen molar-refractivity contribution in [2.75, 3.05) is 13.2 Å². The third kappa shape index (κ3) is 5.18. The first-order valence-corrected chi connectivity index (χ1v) is 11.7. The Morgan fingerprint density at radius 3 is 2.60 bits per heavy atom. The first kappa shape index (κ1) is 24.5. The molecule has 0 spiro atoms. The van der Waals surface area contributed by atoms with Crippen molar-refractivity contribution in [1.29, 1.82) is 0 Å². The summed E-state index contributed by atoms with van der Waals surface area (Å²) in [7, 11) is 0. The fourth-order valence-corrected chi connectivity index (χ4v) is 5.14. The van der Waals surface area contributed by atoms with E-state index in [0.717, 1.165) is 5.56 Å². The number of nitrogens with zero attached hydrogens (tertiary/aromatic N) is 2. The molecule has 12 heteroatoms. The van der Waals surface area contributed by atoms with E-state index >= 15 is 0 Å². The van der Waals surface area contributed by atoms with Crippen LogP contribution in [0.25, 0.3) is 5.69 Å². The summed E-state index contributed by atoms with van der Waals surface area (Å²) in [5, 5.41) is 7.41. The highest BCUT2D eigenvalue weighted by Crippen LogP contribution is 2.49. The van der Waals surface area contributed by atoms with Gasteiger partial charge >= 0.3 is 6.36 Å². The molecule has 2 saturated heterocycles. The highest BCUT2D eigenvalue weighted by molar-refractivity contribution is 6.30. The smallest absolute Gasteiger partial charge is 0.368 e. The zero-order valence-corrected chi connectivity index (χ0v) is 19.4. The van der Waals surface area contributed by atoms with E-state index in [1.54, 1.807) is 16.9 Å². The molecule has 4 fully saturated rings. The van der Waals surface area contributed by atoms with Crippen molar-refractivity contribution in [3.05, 3.63) is 47.0 Å². The summed E-state index contributed by atoms with van der Waals surface area (Å²) in [4.78, 5) is 12.5. The average Bonchev–Trinajstić information content (AvgIpc) is 3.28. The number of rotatable bonds is 7. The molecule has 2 aliphatic heterocycles. The monoisotopic (exact) mass is 517 g/mol. The van der Waals surface area contributed by atoms with E-state index in [0.29, 0.717) is 38.0 Å². The zero-order valence-electron chi connectivity index (χ0n) is 18.6. The number of carbonyl (C=O) groups is 1. The summed E-state index contributed by atoms with van der Waals surface area (Å²) in [6.07, 6.45) is 0.514. The minimum atomic E-state index is -4.66. The lowest BCUT2D eigenvalue weighted by atomic mass is 9.69. The summed E-state index contributed by atoms with van der Waals surface area (Å²) in [6, 6.07) is 4.47. The molecule has 2 saturated carbocycles. The molecule has 0 radical (unpaired) electrons. The Kier molecular flexibility index (Phi) is 6.31. The van der Waals surface area contributed by atoms with Crippen LogP contribution >= 0.6 is 11.6 Å². The minimum Gasteiger partial charge on any atom is -0.368 e. The number of benzene rings is 1. The maximum Gasteiger partial charge on any atom is 0.522 e. The van der Waals surface area contributed by atoms with Gasteiger partial charge in [0.2, 0.25) is 5.91 Å². The Balaban J connectivity index is 1.12. The molecule has 1 N–H and O–H groups in total. The minimum absolute atomic E-state index is 0.0405. The summed E-state index contributed by atoms with van der Waals surface area (Å²) in [5.74, 6) is -0.844. The van der Waals surface area contributed by atoms with E-state index in [2.05, 4.69) is 15.2 Å². The van der Waals surface area contributed by atoms with Gasteiger partial charge in [-0.25, -0.2) is 9.07 Å². The van der Waals surface area contributed by atoms with E-state index in [1.165, 1.54) is 12.1 Å². The van der Waals surface area contributed by atoms with Crippen LogP contribution in [0.2, 0.25) is 5.02 Å². The Morgan fingerprint density at radius 1 is 1.23 bits per heavy atom. The van der Waals surface area contributed by atoms with Gasteiger partial charge in [0, 0.05) is 30.7 Å². The quantitative estimate of drug-likeness (QED) is 0.551. The van der Waals surface area contributed by atoms with Gasteiger partial charge in [-0.15, -0.1) is 13.2 Å². The molecular weight excluding hydrogens is 494 g/mol. The fraction of sp³-hybridized carbons (Fsp3) is 0.565. The predicted molar refractivity (Wildman–Crippen MR) is 115 cm³/mol. The molecule has 6 rings (SSSR count). The van der Waals surface area contributed by atoms with E-state index in [-0.39, 0.29) is 30.4 Å². The van der Waals surface area contributed by atoms with Crippen molar-refractivity contribution in [3.63, 3.8) is 0 Å². The van der Waals surface area contributed by atoms with Gasteiger partial charge in [-0.1, -0.05) is 11.6 Å². The Morgan fingerprint density at radius 2 is 1.97 bits per heavy atom. The molecule has 4 aliphatic rings. The Labute approximate surface area is 203 Å². The number of hydrogen-bond donors (Lipinski definition) is 1. The van der Waals surface area contributed by atoms with Crippen molar-refractivity contribution < 1.29 is 36.6 Å². The third-order valence-corrected chi connectivity index (χ3v) is 7.43. The van der Waals surface area contributed by atoms with Crippen molar-refractivity contribution >= 4 is 17.5 Å². The molecule has 190 valence electrons. The lowest BCUT2D eigenvalue weighted by Gasteiger charge is -2.53. The van der Waals surface area contributed by atoms with E-state index in [1.807, 2.05) is 6.20 Å². The molecule has 3 heterocycles. The molecule has 2 aliphatic carbocycles. The standard InChI is InChI=1S/C23H24ClF4N3O4/c24-18-2-1-15(7-19(18)25)31-11-14(10-29-31)22-5-3-21(4-6-22,13-34-22)30-20(32)12-33-16-8-17(9-16)35-23(26,27)28/h1-2,7,10-11,16-17H,3-6,8-9,12-13H2,(H,30,32). The van der Waals surface area contributed by atoms with Crippen molar-refractivity contribution in [1.82, 2.24) is 15.1 Å². The van der Waals surface area contributed by atoms with Gasteiger partial charge in [-0.3, -0.25) is 9.53 Å². The lowest BCUT2D eigenvalue weighted by molar-refractivity contribution is -0.357. The number of ether oxygens (including phenoxy) is 3. The maximum atomic E-state index is 13.8. The molecule has 1 amide bonds. The van der Waals surface area contributed by atoms with Gasteiger partial charge in [0.05, 0.1) is 46.9 Å². The molecule has 7 nitrogen and oxygen atoms in total. The number of aromatic nitrogens is 2. The first-order valence-electron chi connectivity index (χ1n) is 11.4. The molecule has 35 heavy (non-hydrogen) atoms. The molecule has 1 aromatic heterocycles. The summed E-state index contributed by atoms with van der Waals surface area (Å²) < 4.78 is 67.6. The number of alkyl halides is 3. The molecule has 1 aromatic carbocycles. The van der Waals surface area contributed by atoms with E-state index in [4.69, 9.17) is 21.1 Å². The summed E-state index contributed by atoms with van der Waals surface area (Å²) in [6.45, 7) is 0.102. The third-order valence-electron chi connectivity index (χ3n) is 7.12. The van der Waals surface area contributed by atoms with Gasteiger partial charge in [0.1, 0.15) is 12.4 Å². The number of hydrogen-bond acceptors (Lipinski definition) is 5. The number of fused-ring (bicyclic) bond motifs is 3. The highest BCUT2D eigenvalue weighted by atomic mass is 35.5. The van der Waals surface area contributed by atoms with Crippen LogP contribution in [0.15, 0.2) is 30.6 Å². The van der Waals surface area contributed by atoms with Crippen LogP contribution in [0, 0.1) is 5.82 Å². The summed E-state index contributed by atoms with van der Waals surface area (Å²) >= 11 is 5.76. The maximum absolute atomic E-state index is 13.8. The molecule has 2 bridgehead atoms. The second-order valence-electron chi connectivity index (χ2n) is 9.47. The van der Waals surface area contributed by atoms with Gasteiger partial charge in [-0.2, -0.15) is 5.10 Å².